The van der Waals surface area contributed by atoms with E-state index >= 15 is 0 Å². The predicted octanol–water partition coefficient (Wildman–Crippen LogP) is 2.46. The minimum Gasteiger partial charge on any atom is -0.330 e. The van der Waals surface area contributed by atoms with Crippen molar-refractivity contribution in [3.8, 4) is 0 Å². The zero-order chi connectivity index (χ0) is 9.10. The molecule has 1 nitrogen and oxygen atoms in total. The van der Waals surface area contributed by atoms with Crippen molar-refractivity contribution < 1.29 is 0 Å². The second-order valence-corrected chi connectivity index (χ2v) is 3.87. The fourth-order valence-electron chi connectivity index (χ4n) is 1.85. The summed E-state index contributed by atoms with van der Waals surface area (Å²) in [6.45, 7) is 0.805. The standard InChI is InChI=1S/C12H17N/c13-9-3-5-10-4-1-2-6-12(10)11-7-8-11/h1-2,4,6,11H,3,5,7-9,13H2. The monoisotopic (exact) mass is 175 g/mol. The van der Waals surface area contributed by atoms with Crippen LogP contribution < -0.4 is 5.73 Å². The van der Waals surface area contributed by atoms with E-state index in [1.807, 2.05) is 0 Å². The van der Waals surface area contributed by atoms with E-state index in [9.17, 15) is 0 Å². The van der Waals surface area contributed by atoms with Gasteiger partial charge in [0, 0.05) is 0 Å². The predicted molar refractivity (Wildman–Crippen MR) is 55.8 cm³/mol. The number of hydrogen-bond donors (Lipinski definition) is 1. The molecule has 2 N–H and O–H groups in total. The van der Waals surface area contributed by atoms with Crippen LogP contribution in [0.2, 0.25) is 0 Å². The van der Waals surface area contributed by atoms with Crippen molar-refractivity contribution in [1.29, 1.82) is 0 Å². The molecule has 0 aliphatic heterocycles. The molecule has 0 amide bonds. The highest BCUT2D eigenvalue weighted by atomic mass is 14.5. The van der Waals surface area contributed by atoms with Gasteiger partial charge in [0.1, 0.15) is 0 Å². The van der Waals surface area contributed by atoms with Gasteiger partial charge in [0.25, 0.3) is 0 Å². The molecule has 1 fully saturated rings. The fourth-order valence-corrected chi connectivity index (χ4v) is 1.85. The normalized spacial score (nSPS) is 16.1. The Morgan fingerprint density at radius 2 is 2.00 bits per heavy atom. The lowest BCUT2D eigenvalue weighted by atomic mass is 9.99. The number of rotatable bonds is 4. The summed E-state index contributed by atoms with van der Waals surface area (Å²) in [6, 6.07) is 8.82. The van der Waals surface area contributed by atoms with E-state index in [0.29, 0.717) is 0 Å². The molecule has 0 spiro atoms. The molecule has 1 aliphatic carbocycles. The Bertz CT molecular complexity index is 276. The average Bonchev–Trinajstić information content (AvgIpc) is 2.98. The quantitative estimate of drug-likeness (QED) is 0.747. The van der Waals surface area contributed by atoms with Gasteiger partial charge in [-0.05, 0) is 49.3 Å². The number of nitrogens with two attached hydrogens (primary N) is 1. The van der Waals surface area contributed by atoms with Crippen molar-refractivity contribution in [3.63, 3.8) is 0 Å². The zero-order valence-electron chi connectivity index (χ0n) is 8.00. The molecule has 0 bridgehead atoms. The molecule has 1 saturated carbocycles. The summed E-state index contributed by atoms with van der Waals surface area (Å²) < 4.78 is 0. The first kappa shape index (κ1) is 8.76. The van der Waals surface area contributed by atoms with Crippen LogP contribution in [0.15, 0.2) is 24.3 Å². The van der Waals surface area contributed by atoms with Crippen LogP contribution in [0.5, 0.6) is 0 Å². The second kappa shape index (κ2) is 3.93. The molecule has 1 heteroatoms. The van der Waals surface area contributed by atoms with Crippen LogP contribution >= 0.6 is 0 Å². The van der Waals surface area contributed by atoms with Gasteiger partial charge >= 0.3 is 0 Å². The molecule has 0 unspecified atom stereocenters. The molecular formula is C12H17N. The van der Waals surface area contributed by atoms with E-state index in [1.54, 1.807) is 5.56 Å². The summed E-state index contributed by atoms with van der Waals surface area (Å²) in [5.41, 5.74) is 8.62. The van der Waals surface area contributed by atoms with E-state index < -0.39 is 0 Å². The Labute approximate surface area is 80.0 Å². The molecule has 0 saturated heterocycles. The average molecular weight is 175 g/mol. The lowest BCUT2D eigenvalue weighted by molar-refractivity contribution is 0.821. The molecule has 70 valence electrons. The molecule has 1 aromatic rings. The van der Waals surface area contributed by atoms with Crippen LogP contribution in [-0.4, -0.2) is 6.54 Å². The van der Waals surface area contributed by atoms with Crippen molar-refractivity contribution in [1.82, 2.24) is 0 Å². The summed E-state index contributed by atoms with van der Waals surface area (Å²) in [5.74, 6) is 0.869. The first-order valence-corrected chi connectivity index (χ1v) is 5.19. The van der Waals surface area contributed by atoms with Crippen LogP contribution in [0.4, 0.5) is 0 Å². The highest BCUT2D eigenvalue weighted by Crippen LogP contribution is 2.41. The number of aryl methyl sites for hydroxylation is 1. The van der Waals surface area contributed by atoms with Gasteiger partial charge in [0.2, 0.25) is 0 Å². The van der Waals surface area contributed by atoms with Crippen LogP contribution in [0.25, 0.3) is 0 Å². The van der Waals surface area contributed by atoms with Crippen LogP contribution in [0, 0.1) is 0 Å². The summed E-state index contributed by atoms with van der Waals surface area (Å²) in [7, 11) is 0. The lowest BCUT2D eigenvalue weighted by Crippen LogP contribution is -2.01. The Morgan fingerprint density at radius 1 is 1.23 bits per heavy atom. The molecule has 1 aromatic carbocycles. The van der Waals surface area contributed by atoms with Gasteiger partial charge in [-0.1, -0.05) is 24.3 Å². The van der Waals surface area contributed by atoms with E-state index in [-0.39, 0.29) is 0 Å². The minimum absolute atomic E-state index is 0.805. The Balaban J connectivity index is 2.12. The summed E-state index contributed by atoms with van der Waals surface area (Å²) >= 11 is 0. The zero-order valence-corrected chi connectivity index (χ0v) is 8.00. The molecule has 0 heterocycles. The van der Waals surface area contributed by atoms with E-state index in [1.165, 1.54) is 18.4 Å². The summed E-state index contributed by atoms with van der Waals surface area (Å²) in [6.07, 6.45) is 5.05. The molecule has 0 radical (unpaired) electrons. The maximum Gasteiger partial charge on any atom is -0.00741 e. The molecular weight excluding hydrogens is 158 g/mol. The van der Waals surface area contributed by atoms with Crippen molar-refractivity contribution in [2.24, 2.45) is 5.73 Å². The van der Waals surface area contributed by atoms with E-state index in [0.717, 1.165) is 25.3 Å². The Kier molecular flexibility index (Phi) is 2.65. The van der Waals surface area contributed by atoms with Gasteiger partial charge in [-0.15, -0.1) is 0 Å². The van der Waals surface area contributed by atoms with Gasteiger partial charge in [0.05, 0.1) is 0 Å². The number of benzene rings is 1. The van der Waals surface area contributed by atoms with Gasteiger partial charge < -0.3 is 5.73 Å². The van der Waals surface area contributed by atoms with Crippen molar-refractivity contribution in [3.05, 3.63) is 35.4 Å². The Morgan fingerprint density at radius 3 is 2.69 bits per heavy atom. The topological polar surface area (TPSA) is 26.0 Å². The third-order valence-electron chi connectivity index (χ3n) is 2.72. The molecule has 0 aromatic heterocycles. The molecule has 13 heavy (non-hydrogen) atoms. The van der Waals surface area contributed by atoms with Gasteiger partial charge in [0.15, 0.2) is 0 Å². The van der Waals surface area contributed by atoms with Gasteiger partial charge in [-0.2, -0.15) is 0 Å². The Hall–Kier alpha value is -0.820. The first-order valence-electron chi connectivity index (χ1n) is 5.19. The van der Waals surface area contributed by atoms with E-state index in [2.05, 4.69) is 24.3 Å². The van der Waals surface area contributed by atoms with Crippen LogP contribution in [0.3, 0.4) is 0 Å². The SMILES string of the molecule is NCCCc1ccccc1C1CC1. The maximum absolute atomic E-state index is 5.52. The molecule has 1 aliphatic rings. The van der Waals surface area contributed by atoms with Crippen molar-refractivity contribution in [2.45, 2.75) is 31.6 Å². The summed E-state index contributed by atoms with van der Waals surface area (Å²) in [5, 5.41) is 0. The third kappa shape index (κ3) is 2.10. The van der Waals surface area contributed by atoms with Gasteiger partial charge in [-0.25, -0.2) is 0 Å². The maximum atomic E-state index is 5.52. The fraction of sp³-hybridized carbons (Fsp3) is 0.500. The van der Waals surface area contributed by atoms with E-state index in [4.69, 9.17) is 5.73 Å². The lowest BCUT2D eigenvalue weighted by Gasteiger charge is -2.06. The smallest absolute Gasteiger partial charge is 0.00741 e. The largest absolute Gasteiger partial charge is 0.330 e. The van der Waals surface area contributed by atoms with Crippen LogP contribution in [-0.2, 0) is 6.42 Å². The molecule has 0 atom stereocenters. The second-order valence-electron chi connectivity index (χ2n) is 3.87. The van der Waals surface area contributed by atoms with Gasteiger partial charge in [-0.3, -0.25) is 0 Å². The summed E-state index contributed by atoms with van der Waals surface area (Å²) in [4.78, 5) is 0. The highest BCUT2D eigenvalue weighted by molar-refractivity contribution is 5.33. The highest BCUT2D eigenvalue weighted by Gasteiger charge is 2.25. The molecule has 2 rings (SSSR count). The first-order chi connectivity index (χ1) is 6.42. The minimum atomic E-state index is 0.805. The number of hydrogen-bond acceptors (Lipinski definition) is 1. The van der Waals surface area contributed by atoms with Crippen molar-refractivity contribution in [2.75, 3.05) is 6.54 Å². The van der Waals surface area contributed by atoms with Crippen LogP contribution in [0.1, 0.15) is 36.3 Å². The van der Waals surface area contributed by atoms with Crippen molar-refractivity contribution >= 4 is 0 Å². The third-order valence-corrected chi connectivity index (χ3v) is 2.72.